The van der Waals surface area contributed by atoms with E-state index in [0.717, 1.165) is 19.3 Å². The lowest BCUT2D eigenvalue weighted by atomic mass is 9.73. The summed E-state index contributed by atoms with van der Waals surface area (Å²) in [7, 11) is 0. The number of rotatable bonds is 2. The van der Waals surface area contributed by atoms with Crippen molar-refractivity contribution in [3.63, 3.8) is 0 Å². The summed E-state index contributed by atoms with van der Waals surface area (Å²) in [4.78, 5) is 12.5. The molecule has 4 rings (SSSR count). The summed E-state index contributed by atoms with van der Waals surface area (Å²) < 4.78 is 5.56. The fourth-order valence-corrected chi connectivity index (χ4v) is 4.34. The SMILES string of the molecule is C=C1C[C@@H]2[C@@H](C)OC(=O)[C@]2(Cc2ccc3ccccc3c2)C1. The molecule has 1 aliphatic carbocycles. The standard InChI is InChI=1S/C20H20O2/c1-13-9-18-14(2)22-19(21)20(18,11-13)12-15-7-8-16-5-3-4-6-17(16)10-15/h3-8,10,14,18H,1,9,11-12H2,2H3/t14-,18-,20+/m1/s1. The minimum Gasteiger partial charge on any atom is -0.462 e. The maximum atomic E-state index is 12.5. The van der Waals surface area contributed by atoms with Gasteiger partial charge in [-0.05, 0) is 42.5 Å². The van der Waals surface area contributed by atoms with Crippen molar-refractivity contribution in [3.8, 4) is 0 Å². The third-order valence-corrected chi connectivity index (χ3v) is 5.38. The van der Waals surface area contributed by atoms with Crippen LogP contribution >= 0.6 is 0 Å². The van der Waals surface area contributed by atoms with Crippen LogP contribution in [0.2, 0.25) is 0 Å². The lowest BCUT2D eigenvalue weighted by molar-refractivity contribution is -0.148. The zero-order valence-corrected chi connectivity index (χ0v) is 12.8. The molecule has 22 heavy (non-hydrogen) atoms. The molecule has 0 aromatic heterocycles. The number of ether oxygens (including phenoxy) is 1. The van der Waals surface area contributed by atoms with Gasteiger partial charge in [-0.2, -0.15) is 0 Å². The summed E-state index contributed by atoms with van der Waals surface area (Å²) in [5, 5.41) is 2.46. The molecule has 2 aromatic carbocycles. The fraction of sp³-hybridized carbons (Fsp3) is 0.350. The second-order valence-corrected chi connectivity index (χ2v) is 6.86. The van der Waals surface area contributed by atoms with Gasteiger partial charge in [-0.3, -0.25) is 4.79 Å². The van der Waals surface area contributed by atoms with Crippen LogP contribution in [0.15, 0.2) is 54.6 Å². The monoisotopic (exact) mass is 292 g/mol. The van der Waals surface area contributed by atoms with Gasteiger partial charge >= 0.3 is 5.97 Å². The first-order chi connectivity index (χ1) is 10.6. The minimum atomic E-state index is -0.390. The van der Waals surface area contributed by atoms with Gasteiger partial charge in [-0.1, -0.05) is 54.6 Å². The van der Waals surface area contributed by atoms with Crippen molar-refractivity contribution in [3.05, 3.63) is 60.2 Å². The summed E-state index contributed by atoms with van der Waals surface area (Å²) in [5.74, 6) is 0.246. The Bertz CT molecular complexity index is 776. The van der Waals surface area contributed by atoms with Gasteiger partial charge in [0.15, 0.2) is 0 Å². The Balaban J connectivity index is 1.73. The van der Waals surface area contributed by atoms with Gasteiger partial charge in [0.25, 0.3) is 0 Å². The zero-order chi connectivity index (χ0) is 15.3. The number of hydrogen-bond donors (Lipinski definition) is 0. The number of allylic oxidation sites excluding steroid dienone is 1. The smallest absolute Gasteiger partial charge is 0.313 e. The molecule has 0 unspecified atom stereocenters. The van der Waals surface area contributed by atoms with Gasteiger partial charge in [-0.25, -0.2) is 0 Å². The van der Waals surface area contributed by atoms with Crippen LogP contribution in [0, 0.1) is 11.3 Å². The van der Waals surface area contributed by atoms with E-state index in [2.05, 4.69) is 43.0 Å². The van der Waals surface area contributed by atoms with Gasteiger partial charge < -0.3 is 4.74 Å². The third kappa shape index (κ3) is 1.90. The first-order valence-electron chi connectivity index (χ1n) is 7.94. The summed E-state index contributed by atoms with van der Waals surface area (Å²) >= 11 is 0. The molecule has 0 radical (unpaired) electrons. The molecule has 0 bridgehead atoms. The Morgan fingerprint density at radius 2 is 2.00 bits per heavy atom. The highest BCUT2D eigenvalue weighted by Gasteiger charge is 2.58. The van der Waals surface area contributed by atoms with Crippen molar-refractivity contribution in [2.24, 2.45) is 11.3 Å². The van der Waals surface area contributed by atoms with Crippen LogP contribution in [0.25, 0.3) is 10.8 Å². The van der Waals surface area contributed by atoms with Gasteiger partial charge in [0.05, 0.1) is 5.41 Å². The van der Waals surface area contributed by atoms with Gasteiger partial charge in [0, 0.05) is 5.92 Å². The van der Waals surface area contributed by atoms with Crippen LogP contribution < -0.4 is 0 Å². The second-order valence-electron chi connectivity index (χ2n) is 6.86. The highest BCUT2D eigenvalue weighted by Crippen LogP contribution is 2.55. The first-order valence-corrected chi connectivity index (χ1v) is 7.94. The normalized spacial score (nSPS) is 30.6. The predicted molar refractivity (Wildman–Crippen MR) is 87.5 cm³/mol. The van der Waals surface area contributed by atoms with Crippen LogP contribution in [-0.4, -0.2) is 12.1 Å². The minimum absolute atomic E-state index is 0.00667. The van der Waals surface area contributed by atoms with E-state index in [4.69, 9.17) is 4.74 Å². The van der Waals surface area contributed by atoms with E-state index in [9.17, 15) is 4.79 Å². The van der Waals surface area contributed by atoms with Crippen LogP contribution in [0.1, 0.15) is 25.3 Å². The molecular formula is C20H20O2. The molecule has 0 N–H and O–H groups in total. The molecule has 112 valence electrons. The number of benzene rings is 2. The van der Waals surface area contributed by atoms with Crippen molar-refractivity contribution in [2.75, 3.05) is 0 Å². The van der Waals surface area contributed by atoms with E-state index in [1.807, 2.05) is 13.0 Å². The molecule has 1 saturated carbocycles. The van der Waals surface area contributed by atoms with E-state index in [1.165, 1.54) is 21.9 Å². The average molecular weight is 292 g/mol. The number of hydrogen-bond acceptors (Lipinski definition) is 2. The Labute approximate surface area is 130 Å². The van der Waals surface area contributed by atoms with Crippen LogP contribution in [-0.2, 0) is 16.0 Å². The largest absolute Gasteiger partial charge is 0.462 e. The quantitative estimate of drug-likeness (QED) is 0.610. The molecule has 2 heteroatoms. The molecular weight excluding hydrogens is 272 g/mol. The molecule has 0 spiro atoms. The van der Waals surface area contributed by atoms with Crippen molar-refractivity contribution in [1.82, 2.24) is 0 Å². The van der Waals surface area contributed by atoms with E-state index in [0.29, 0.717) is 0 Å². The maximum Gasteiger partial charge on any atom is 0.313 e. The van der Waals surface area contributed by atoms with Crippen LogP contribution in [0.4, 0.5) is 0 Å². The Kier molecular flexibility index (Phi) is 2.90. The van der Waals surface area contributed by atoms with Crippen LogP contribution in [0.3, 0.4) is 0 Å². The van der Waals surface area contributed by atoms with Gasteiger partial charge in [0.1, 0.15) is 6.10 Å². The van der Waals surface area contributed by atoms with Gasteiger partial charge in [-0.15, -0.1) is 0 Å². The summed E-state index contributed by atoms with van der Waals surface area (Å²) in [6.45, 7) is 6.15. The second kappa shape index (κ2) is 4.70. The van der Waals surface area contributed by atoms with E-state index in [1.54, 1.807) is 0 Å². The average Bonchev–Trinajstić information content (AvgIpc) is 2.94. The molecule has 2 aliphatic rings. The summed E-state index contributed by atoms with van der Waals surface area (Å²) in [5.41, 5.74) is 2.01. The van der Waals surface area contributed by atoms with Gasteiger partial charge in [0.2, 0.25) is 0 Å². The van der Waals surface area contributed by atoms with E-state index < -0.39 is 0 Å². The molecule has 1 saturated heterocycles. The zero-order valence-electron chi connectivity index (χ0n) is 12.8. The molecule has 1 aliphatic heterocycles. The number of cyclic esters (lactones) is 1. The van der Waals surface area contributed by atoms with Crippen molar-refractivity contribution in [1.29, 1.82) is 0 Å². The molecule has 3 atom stereocenters. The lowest BCUT2D eigenvalue weighted by Crippen LogP contribution is -2.32. The van der Waals surface area contributed by atoms with E-state index in [-0.39, 0.29) is 23.4 Å². The molecule has 2 aromatic rings. The van der Waals surface area contributed by atoms with E-state index >= 15 is 0 Å². The highest BCUT2D eigenvalue weighted by molar-refractivity contribution is 5.84. The number of fused-ring (bicyclic) bond motifs is 2. The molecule has 1 heterocycles. The molecule has 2 nitrogen and oxygen atoms in total. The predicted octanol–water partition coefficient (Wildman–Crippen LogP) is 4.28. The fourth-order valence-electron chi connectivity index (χ4n) is 4.34. The molecule has 2 fully saturated rings. The molecule has 0 amide bonds. The first kappa shape index (κ1) is 13.6. The Hall–Kier alpha value is -2.09. The Morgan fingerprint density at radius 3 is 2.82 bits per heavy atom. The van der Waals surface area contributed by atoms with Crippen molar-refractivity contribution < 1.29 is 9.53 Å². The maximum absolute atomic E-state index is 12.5. The number of carbonyl (C=O) groups excluding carboxylic acids is 1. The highest BCUT2D eigenvalue weighted by atomic mass is 16.6. The van der Waals surface area contributed by atoms with Crippen LogP contribution in [0.5, 0.6) is 0 Å². The Morgan fingerprint density at radius 1 is 1.23 bits per heavy atom. The summed E-state index contributed by atoms with van der Waals surface area (Å²) in [6, 6.07) is 14.8. The number of esters is 1. The van der Waals surface area contributed by atoms with Crippen molar-refractivity contribution >= 4 is 16.7 Å². The third-order valence-electron chi connectivity index (χ3n) is 5.38. The lowest BCUT2D eigenvalue weighted by Gasteiger charge is -2.25. The summed E-state index contributed by atoms with van der Waals surface area (Å²) in [6.07, 6.45) is 2.45. The van der Waals surface area contributed by atoms with Crippen molar-refractivity contribution in [2.45, 2.75) is 32.3 Å². The number of carbonyl (C=O) groups is 1. The topological polar surface area (TPSA) is 26.3 Å².